The highest BCUT2D eigenvalue weighted by molar-refractivity contribution is 5.96. The lowest BCUT2D eigenvalue weighted by atomic mass is 10.1. The minimum Gasteiger partial charge on any atom is -0.486 e. The number of quaternary nitrogens is 1. The summed E-state index contributed by atoms with van der Waals surface area (Å²) in [5.74, 6) is 1.57. The number of amides is 1. The van der Waals surface area contributed by atoms with Gasteiger partial charge >= 0.3 is 0 Å². The molecule has 3 aromatic carbocycles. The molecule has 4 rings (SSSR count). The Labute approximate surface area is 164 Å². The van der Waals surface area contributed by atoms with E-state index in [0.29, 0.717) is 13.2 Å². The van der Waals surface area contributed by atoms with Gasteiger partial charge in [0.05, 0.1) is 7.05 Å². The van der Waals surface area contributed by atoms with E-state index in [-0.39, 0.29) is 11.9 Å². The number of rotatable bonds is 5. The van der Waals surface area contributed by atoms with E-state index in [1.807, 2.05) is 68.6 Å². The maximum atomic E-state index is 12.7. The summed E-state index contributed by atoms with van der Waals surface area (Å²) in [7, 11) is 2.03. The Morgan fingerprint density at radius 3 is 2.57 bits per heavy atom. The molecule has 0 aromatic heterocycles. The molecule has 28 heavy (non-hydrogen) atoms. The number of hydrogen-bond donors (Lipinski definition) is 2. The molecule has 0 saturated heterocycles. The predicted octanol–water partition coefficient (Wildman–Crippen LogP) is 2.65. The first-order valence-electron chi connectivity index (χ1n) is 9.60. The van der Waals surface area contributed by atoms with E-state index < -0.39 is 0 Å². The molecule has 0 saturated carbocycles. The Balaban J connectivity index is 1.41. The van der Waals surface area contributed by atoms with Crippen LogP contribution in [0.15, 0.2) is 60.7 Å². The predicted molar refractivity (Wildman–Crippen MR) is 110 cm³/mol. The van der Waals surface area contributed by atoms with E-state index in [2.05, 4.69) is 11.4 Å². The molecule has 1 aliphatic heterocycles. The van der Waals surface area contributed by atoms with Gasteiger partial charge < -0.3 is 19.7 Å². The standard InChI is InChI=1S/C23H24N2O3/c1-16(23(26)24-20-9-8-18-5-3-4-6-19(18)14-20)25(2)15-17-7-10-21-22(13-17)28-12-11-27-21/h3-10,13-14,16H,11-12,15H2,1-2H3,(H,24,26)/p+1/t16-/m0/s1. The molecule has 144 valence electrons. The van der Waals surface area contributed by atoms with Gasteiger partial charge in [0.25, 0.3) is 5.91 Å². The van der Waals surface area contributed by atoms with Gasteiger partial charge in [0.2, 0.25) is 0 Å². The summed E-state index contributed by atoms with van der Waals surface area (Å²) in [4.78, 5) is 13.8. The molecule has 1 aliphatic rings. The molecule has 5 nitrogen and oxygen atoms in total. The Morgan fingerprint density at radius 2 is 1.75 bits per heavy atom. The molecular weight excluding hydrogens is 352 g/mol. The highest BCUT2D eigenvalue weighted by atomic mass is 16.6. The first kappa shape index (κ1) is 18.3. The number of likely N-dealkylation sites (N-methyl/N-ethyl adjacent to an activating group) is 1. The Bertz CT molecular complexity index is 1000. The maximum Gasteiger partial charge on any atom is 0.282 e. The molecule has 0 radical (unpaired) electrons. The van der Waals surface area contributed by atoms with Gasteiger partial charge in [-0.25, -0.2) is 0 Å². The molecule has 0 bridgehead atoms. The third-order valence-corrected chi connectivity index (χ3v) is 5.24. The first-order chi connectivity index (χ1) is 13.6. The molecule has 2 N–H and O–H groups in total. The van der Waals surface area contributed by atoms with Crippen LogP contribution in [0, 0.1) is 0 Å². The average molecular weight is 377 g/mol. The van der Waals surface area contributed by atoms with Crippen LogP contribution in [0.5, 0.6) is 11.5 Å². The summed E-state index contributed by atoms with van der Waals surface area (Å²) in [5, 5.41) is 5.32. The summed E-state index contributed by atoms with van der Waals surface area (Å²) in [6, 6.07) is 19.9. The average Bonchev–Trinajstić information content (AvgIpc) is 2.73. The zero-order valence-corrected chi connectivity index (χ0v) is 16.2. The second-order valence-electron chi connectivity index (χ2n) is 7.27. The van der Waals surface area contributed by atoms with Crippen molar-refractivity contribution in [3.63, 3.8) is 0 Å². The molecule has 0 aliphatic carbocycles. The van der Waals surface area contributed by atoms with Crippen LogP contribution >= 0.6 is 0 Å². The zero-order valence-electron chi connectivity index (χ0n) is 16.2. The molecule has 0 spiro atoms. The zero-order chi connectivity index (χ0) is 19.5. The van der Waals surface area contributed by atoms with Crippen LogP contribution in [0.25, 0.3) is 10.8 Å². The molecule has 5 heteroatoms. The lowest BCUT2D eigenvalue weighted by Crippen LogP contribution is -3.12. The summed E-state index contributed by atoms with van der Waals surface area (Å²) < 4.78 is 11.2. The Morgan fingerprint density at radius 1 is 1.00 bits per heavy atom. The van der Waals surface area contributed by atoms with E-state index in [1.54, 1.807) is 0 Å². The van der Waals surface area contributed by atoms with Crippen molar-refractivity contribution in [3.8, 4) is 11.5 Å². The number of carbonyl (C=O) groups is 1. The van der Waals surface area contributed by atoms with Crippen LogP contribution < -0.4 is 19.7 Å². The fraction of sp³-hybridized carbons (Fsp3) is 0.261. The van der Waals surface area contributed by atoms with Crippen LogP contribution in [0.3, 0.4) is 0 Å². The number of fused-ring (bicyclic) bond motifs is 2. The van der Waals surface area contributed by atoms with Gasteiger partial charge in [-0.1, -0.05) is 30.3 Å². The fourth-order valence-electron chi connectivity index (χ4n) is 3.41. The van der Waals surface area contributed by atoms with E-state index in [4.69, 9.17) is 9.47 Å². The summed E-state index contributed by atoms with van der Waals surface area (Å²) >= 11 is 0. The lowest BCUT2D eigenvalue weighted by molar-refractivity contribution is -0.907. The number of hydrogen-bond acceptors (Lipinski definition) is 3. The van der Waals surface area contributed by atoms with Gasteiger partial charge in [-0.3, -0.25) is 4.79 Å². The molecule has 0 fully saturated rings. The van der Waals surface area contributed by atoms with Gasteiger partial charge in [0.1, 0.15) is 19.8 Å². The van der Waals surface area contributed by atoms with Crippen molar-refractivity contribution < 1.29 is 19.2 Å². The molecule has 2 atom stereocenters. The second-order valence-corrected chi connectivity index (χ2v) is 7.27. The summed E-state index contributed by atoms with van der Waals surface area (Å²) in [6.45, 7) is 3.83. The smallest absolute Gasteiger partial charge is 0.282 e. The van der Waals surface area contributed by atoms with Crippen LogP contribution in [-0.2, 0) is 11.3 Å². The molecular formula is C23H25N2O3+. The summed E-state index contributed by atoms with van der Waals surface area (Å²) in [6.07, 6.45) is 0. The van der Waals surface area contributed by atoms with E-state index >= 15 is 0 Å². The van der Waals surface area contributed by atoms with Gasteiger partial charge in [-0.15, -0.1) is 0 Å². The summed E-state index contributed by atoms with van der Waals surface area (Å²) in [5.41, 5.74) is 1.94. The third kappa shape index (κ3) is 3.94. The third-order valence-electron chi connectivity index (χ3n) is 5.24. The van der Waals surface area contributed by atoms with E-state index in [1.165, 1.54) is 0 Å². The number of ether oxygens (including phenoxy) is 2. The topological polar surface area (TPSA) is 52.0 Å². The number of nitrogens with one attached hydrogen (secondary N) is 2. The van der Waals surface area contributed by atoms with Crippen molar-refractivity contribution in [2.24, 2.45) is 0 Å². The van der Waals surface area contributed by atoms with Gasteiger partial charge in [-0.05, 0) is 48.0 Å². The van der Waals surface area contributed by atoms with Crippen molar-refractivity contribution >= 4 is 22.4 Å². The molecule has 1 unspecified atom stereocenters. The van der Waals surface area contributed by atoms with Gasteiger partial charge in [-0.2, -0.15) is 0 Å². The maximum absolute atomic E-state index is 12.7. The monoisotopic (exact) mass is 377 g/mol. The van der Waals surface area contributed by atoms with Crippen LogP contribution in [0.1, 0.15) is 12.5 Å². The largest absolute Gasteiger partial charge is 0.486 e. The van der Waals surface area contributed by atoms with Crippen LogP contribution in [-0.4, -0.2) is 32.2 Å². The van der Waals surface area contributed by atoms with E-state index in [9.17, 15) is 4.79 Å². The highest BCUT2D eigenvalue weighted by Crippen LogP contribution is 2.30. The van der Waals surface area contributed by atoms with Crippen molar-refractivity contribution in [2.75, 3.05) is 25.6 Å². The lowest BCUT2D eigenvalue weighted by Gasteiger charge is -2.23. The highest BCUT2D eigenvalue weighted by Gasteiger charge is 2.23. The van der Waals surface area contributed by atoms with Gasteiger partial charge in [0.15, 0.2) is 17.5 Å². The van der Waals surface area contributed by atoms with Crippen LogP contribution in [0.4, 0.5) is 5.69 Å². The first-order valence-corrected chi connectivity index (χ1v) is 9.60. The number of anilines is 1. The minimum absolute atomic E-state index is 0.00493. The molecule has 1 heterocycles. The van der Waals surface area contributed by atoms with Crippen molar-refractivity contribution in [1.82, 2.24) is 0 Å². The molecule has 3 aromatic rings. The number of benzene rings is 3. The van der Waals surface area contributed by atoms with Crippen molar-refractivity contribution in [3.05, 3.63) is 66.2 Å². The quantitative estimate of drug-likeness (QED) is 0.719. The second kappa shape index (κ2) is 7.90. The normalized spacial score (nSPS) is 15.1. The fourth-order valence-corrected chi connectivity index (χ4v) is 3.41. The molecule has 1 amide bonds. The Kier molecular flexibility index (Phi) is 5.17. The minimum atomic E-state index is -0.195. The number of carbonyl (C=O) groups excluding carboxylic acids is 1. The van der Waals surface area contributed by atoms with Gasteiger partial charge in [0, 0.05) is 11.3 Å². The van der Waals surface area contributed by atoms with Crippen molar-refractivity contribution in [1.29, 1.82) is 0 Å². The van der Waals surface area contributed by atoms with Crippen LogP contribution in [0.2, 0.25) is 0 Å². The Hall–Kier alpha value is -3.05. The van der Waals surface area contributed by atoms with E-state index in [0.717, 1.165) is 45.0 Å². The SMILES string of the molecule is C[C@@H](C(=O)Nc1ccc2ccccc2c1)[NH+](C)Cc1ccc2c(c1)OCCO2. The van der Waals surface area contributed by atoms with Crippen molar-refractivity contribution in [2.45, 2.75) is 19.5 Å².